The van der Waals surface area contributed by atoms with Crippen LogP contribution >= 0.6 is 11.8 Å². The molecule has 0 unspecified atom stereocenters. The van der Waals surface area contributed by atoms with E-state index in [4.69, 9.17) is 4.42 Å². The molecular formula is C21H12NO5S-. The molecule has 7 heteroatoms. The van der Waals surface area contributed by atoms with E-state index in [1.54, 1.807) is 48.5 Å². The molecule has 0 N–H and O–H groups in total. The lowest BCUT2D eigenvalue weighted by molar-refractivity contribution is -0.255. The molecular weight excluding hydrogens is 378 g/mol. The molecule has 1 aliphatic heterocycles. The van der Waals surface area contributed by atoms with Crippen LogP contribution in [0, 0.1) is 0 Å². The summed E-state index contributed by atoms with van der Waals surface area (Å²) < 4.78 is 5.72. The summed E-state index contributed by atoms with van der Waals surface area (Å²) in [5.41, 5.74) is 1.27. The number of aromatic carboxylic acids is 1. The molecule has 0 aliphatic carbocycles. The Morgan fingerprint density at radius 2 is 1.68 bits per heavy atom. The van der Waals surface area contributed by atoms with Gasteiger partial charge in [0.2, 0.25) is 0 Å². The largest absolute Gasteiger partial charge is 0.545 e. The van der Waals surface area contributed by atoms with Gasteiger partial charge in [0.05, 0.1) is 16.6 Å². The molecule has 0 bridgehead atoms. The fraction of sp³-hybridized carbons (Fsp3) is 0. The van der Waals surface area contributed by atoms with Crippen molar-refractivity contribution in [3.63, 3.8) is 0 Å². The van der Waals surface area contributed by atoms with Gasteiger partial charge >= 0.3 is 0 Å². The average Bonchev–Trinajstić information content (AvgIpc) is 3.27. The number of nitrogens with zero attached hydrogens (tertiary/aromatic N) is 1. The molecule has 2 heterocycles. The van der Waals surface area contributed by atoms with Crippen molar-refractivity contribution >= 4 is 40.6 Å². The van der Waals surface area contributed by atoms with Crippen LogP contribution in [-0.2, 0) is 4.79 Å². The fourth-order valence-electron chi connectivity index (χ4n) is 2.75. The lowest BCUT2D eigenvalue weighted by Crippen LogP contribution is -2.27. The van der Waals surface area contributed by atoms with Gasteiger partial charge in [-0.05, 0) is 41.6 Å². The Kier molecular flexibility index (Phi) is 4.58. The minimum absolute atomic E-state index is 0.0742. The van der Waals surface area contributed by atoms with Crippen LogP contribution in [0.5, 0.6) is 0 Å². The summed E-state index contributed by atoms with van der Waals surface area (Å²) in [6.07, 6.45) is 1.52. The van der Waals surface area contributed by atoms with E-state index >= 15 is 0 Å². The lowest BCUT2D eigenvalue weighted by Gasteiger charge is -2.11. The summed E-state index contributed by atoms with van der Waals surface area (Å²) >= 11 is 0.848. The molecule has 2 amide bonds. The van der Waals surface area contributed by atoms with Crippen molar-refractivity contribution in [2.45, 2.75) is 0 Å². The highest BCUT2D eigenvalue weighted by molar-refractivity contribution is 8.19. The van der Waals surface area contributed by atoms with Gasteiger partial charge in [0.25, 0.3) is 11.1 Å². The van der Waals surface area contributed by atoms with Crippen LogP contribution in [0.2, 0.25) is 0 Å². The Morgan fingerprint density at radius 3 is 2.36 bits per heavy atom. The molecule has 138 valence electrons. The van der Waals surface area contributed by atoms with Gasteiger partial charge in [-0.25, -0.2) is 4.90 Å². The Morgan fingerprint density at radius 1 is 0.964 bits per heavy atom. The van der Waals surface area contributed by atoms with Gasteiger partial charge < -0.3 is 14.3 Å². The second-order valence-corrected chi connectivity index (χ2v) is 6.91. The van der Waals surface area contributed by atoms with Crippen LogP contribution < -0.4 is 10.0 Å². The van der Waals surface area contributed by atoms with Crippen molar-refractivity contribution in [1.29, 1.82) is 0 Å². The number of furan rings is 1. The number of hydrogen-bond acceptors (Lipinski definition) is 6. The number of carbonyl (C=O) groups is 3. The van der Waals surface area contributed by atoms with Gasteiger partial charge in [-0.3, -0.25) is 9.59 Å². The summed E-state index contributed by atoms with van der Waals surface area (Å²) in [6, 6.07) is 18.2. The average molecular weight is 390 g/mol. The summed E-state index contributed by atoms with van der Waals surface area (Å²) in [5.74, 6) is -0.728. The molecule has 0 spiro atoms. The Balaban J connectivity index is 1.58. The number of carboxylic acids is 1. The first-order valence-electron chi connectivity index (χ1n) is 8.27. The second-order valence-electron chi connectivity index (χ2n) is 5.92. The van der Waals surface area contributed by atoms with E-state index in [-0.39, 0.29) is 15.7 Å². The number of carboxylic acid groups (broad SMARTS) is 1. The number of rotatable bonds is 4. The van der Waals surface area contributed by atoms with Gasteiger partial charge in [0.1, 0.15) is 11.5 Å². The maximum atomic E-state index is 12.6. The number of anilines is 1. The summed E-state index contributed by atoms with van der Waals surface area (Å²) in [5, 5.41) is 10.5. The quantitative estimate of drug-likeness (QED) is 0.633. The maximum Gasteiger partial charge on any atom is 0.298 e. The van der Waals surface area contributed by atoms with Crippen molar-refractivity contribution in [1.82, 2.24) is 0 Å². The highest BCUT2D eigenvalue weighted by atomic mass is 32.2. The third-order valence-electron chi connectivity index (χ3n) is 4.11. The number of para-hydroxylation sites is 1. The first kappa shape index (κ1) is 17.8. The minimum atomic E-state index is -1.25. The predicted molar refractivity (Wildman–Crippen MR) is 103 cm³/mol. The minimum Gasteiger partial charge on any atom is -0.545 e. The van der Waals surface area contributed by atoms with Gasteiger partial charge in [-0.15, -0.1) is 0 Å². The summed E-state index contributed by atoms with van der Waals surface area (Å²) in [6.45, 7) is 0. The van der Waals surface area contributed by atoms with Gasteiger partial charge in [-0.1, -0.05) is 42.5 Å². The molecule has 0 radical (unpaired) electrons. The van der Waals surface area contributed by atoms with E-state index in [9.17, 15) is 19.5 Å². The third-order valence-corrected chi connectivity index (χ3v) is 4.98. The van der Waals surface area contributed by atoms with Crippen LogP contribution in [0.25, 0.3) is 17.4 Å². The van der Waals surface area contributed by atoms with Gasteiger partial charge in [0, 0.05) is 11.6 Å². The molecule has 0 saturated carbocycles. The molecule has 3 aromatic rings. The molecule has 4 rings (SSSR count). The number of thioether (sulfide) groups is 1. The van der Waals surface area contributed by atoms with Crippen molar-refractivity contribution in [3.05, 3.63) is 83.0 Å². The lowest BCUT2D eigenvalue weighted by atomic mass is 10.1. The molecule has 1 aromatic heterocycles. The Labute approximate surface area is 164 Å². The molecule has 1 saturated heterocycles. The fourth-order valence-corrected chi connectivity index (χ4v) is 3.57. The zero-order chi connectivity index (χ0) is 19.7. The topological polar surface area (TPSA) is 90.6 Å². The zero-order valence-corrected chi connectivity index (χ0v) is 15.1. The van der Waals surface area contributed by atoms with Crippen LogP contribution in [0.15, 0.2) is 76.1 Å². The molecule has 1 fully saturated rings. The van der Waals surface area contributed by atoms with Crippen LogP contribution in [0.4, 0.5) is 10.5 Å². The first-order chi connectivity index (χ1) is 13.5. The van der Waals surface area contributed by atoms with Crippen molar-refractivity contribution in [2.24, 2.45) is 0 Å². The van der Waals surface area contributed by atoms with Crippen molar-refractivity contribution in [3.8, 4) is 11.3 Å². The highest BCUT2D eigenvalue weighted by Gasteiger charge is 2.36. The molecule has 1 aliphatic rings. The zero-order valence-electron chi connectivity index (χ0n) is 14.3. The van der Waals surface area contributed by atoms with E-state index < -0.39 is 11.9 Å². The monoisotopic (exact) mass is 390 g/mol. The smallest absolute Gasteiger partial charge is 0.298 e. The number of imide groups is 1. The predicted octanol–water partition coefficient (Wildman–Crippen LogP) is 3.55. The van der Waals surface area contributed by atoms with E-state index in [1.807, 2.05) is 6.07 Å². The molecule has 0 atom stereocenters. The van der Waals surface area contributed by atoms with E-state index in [2.05, 4.69) is 0 Å². The Hall–Kier alpha value is -3.58. The number of amides is 2. The molecule has 2 aromatic carbocycles. The van der Waals surface area contributed by atoms with E-state index in [1.165, 1.54) is 18.2 Å². The highest BCUT2D eigenvalue weighted by Crippen LogP contribution is 2.36. The molecule has 28 heavy (non-hydrogen) atoms. The number of benzene rings is 2. The van der Waals surface area contributed by atoms with E-state index in [0.717, 1.165) is 16.7 Å². The second kappa shape index (κ2) is 7.21. The third kappa shape index (κ3) is 3.35. The number of carbonyl (C=O) groups excluding carboxylic acids is 3. The normalized spacial score (nSPS) is 15.4. The van der Waals surface area contributed by atoms with Crippen molar-refractivity contribution < 1.29 is 23.9 Å². The van der Waals surface area contributed by atoms with Gasteiger partial charge in [0.15, 0.2) is 0 Å². The Bertz CT molecular complexity index is 1100. The SMILES string of the molecule is O=C([O-])c1ccc(-c2ccc(C=C3SC(=O)N(c4ccccc4)C3=O)o2)cc1. The van der Waals surface area contributed by atoms with Crippen LogP contribution in [0.3, 0.4) is 0 Å². The standard InChI is InChI=1S/C21H13NO5S/c23-19-18(28-21(26)22(19)15-4-2-1-3-5-15)12-16-10-11-17(27-16)13-6-8-14(9-7-13)20(24)25/h1-12H,(H,24,25)/p-1. The number of hydrogen-bond donors (Lipinski definition) is 0. The van der Waals surface area contributed by atoms with Gasteiger partial charge in [-0.2, -0.15) is 0 Å². The summed E-state index contributed by atoms with van der Waals surface area (Å²) in [7, 11) is 0. The van der Waals surface area contributed by atoms with Crippen LogP contribution in [-0.4, -0.2) is 17.1 Å². The van der Waals surface area contributed by atoms with E-state index in [0.29, 0.717) is 22.8 Å². The maximum absolute atomic E-state index is 12.6. The molecule has 6 nitrogen and oxygen atoms in total. The van der Waals surface area contributed by atoms with Crippen LogP contribution in [0.1, 0.15) is 16.1 Å². The van der Waals surface area contributed by atoms with Crippen molar-refractivity contribution in [2.75, 3.05) is 4.90 Å². The first-order valence-corrected chi connectivity index (χ1v) is 9.09. The summed E-state index contributed by atoms with van der Waals surface area (Å²) in [4.78, 5) is 37.1.